The monoisotopic (exact) mass is 778 g/mol. The first-order valence-electron chi connectivity index (χ1n) is 20.0. The number of alkyl carbamates (subject to hydrolysis) is 2. The lowest BCUT2D eigenvalue weighted by molar-refractivity contribution is -0.135. The Balaban J connectivity index is 0.977. The predicted octanol–water partition coefficient (Wildman–Crippen LogP) is 6.66. The van der Waals surface area contributed by atoms with Gasteiger partial charge in [0.2, 0.25) is 11.8 Å². The first-order valence-corrected chi connectivity index (χ1v) is 20.0. The van der Waals surface area contributed by atoms with Crippen LogP contribution in [0, 0.1) is 5.92 Å². The average molecular weight is 779 g/mol. The van der Waals surface area contributed by atoms with E-state index in [0.717, 1.165) is 74.1 Å². The van der Waals surface area contributed by atoms with Crippen LogP contribution in [-0.2, 0) is 29.9 Å². The normalized spacial score (nSPS) is 23.1. The minimum atomic E-state index is -0.910. The number of nitrogens with zero attached hydrogens (tertiary/aromatic N) is 3. The number of ether oxygens (including phenoxy) is 2. The third kappa shape index (κ3) is 7.99. The second-order valence-electron chi connectivity index (χ2n) is 16.3. The molecule has 302 valence electrons. The molecule has 4 unspecified atom stereocenters. The molecule has 0 radical (unpaired) electrons. The molecule has 4 aliphatic rings. The number of imidazole rings is 2. The van der Waals surface area contributed by atoms with Gasteiger partial charge in [-0.3, -0.25) is 9.59 Å². The van der Waals surface area contributed by atoms with Crippen LogP contribution in [-0.4, -0.2) is 75.6 Å². The summed E-state index contributed by atoms with van der Waals surface area (Å²) in [5.41, 5.74) is 5.22. The number of methoxy groups -OCH3 is 2. The molecule has 0 spiro atoms. The maximum absolute atomic E-state index is 13.6. The minimum Gasteiger partial charge on any atom is -0.453 e. The Kier molecular flexibility index (Phi) is 11.4. The molecule has 2 aromatic carbocycles. The summed E-state index contributed by atoms with van der Waals surface area (Å²) in [7, 11) is 2.57. The van der Waals surface area contributed by atoms with E-state index in [9.17, 15) is 19.2 Å². The standard InChI is InChI=1S/C43H54N8O6/c1-26(2)34(49-40(54)56-4)39(53)51-23-9-12-32(51)37-44-24-31(47-37)28-13-15-30(16-14-28)42-17-20-43(21-18-42,22-19-42)33-25-45-36(48-33)27(3)46-38(52)35(50-41(55)57-5)29-10-7-6-8-11-29/h6-8,10-11,13-16,24-27,32,34-35H,9,12,17-23H2,1-5H3,(H,44,47)(H,45,48)(H,46,52)(H,49,54)(H,50,55). The predicted molar refractivity (Wildman–Crippen MR) is 213 cm³/mol. The van der Waals surface area contributed by atoms with E-state index in [1.807, 2.05) is 56.3 Å². The van der Waals surface area contributed by atoms with Crippen molar-refractivity contribution in [3.05, 3.63) is 95.5 Å². The molecule has 4 fully saturated rings. The fraction of sp³-hybridized carbons (Fsp3) is 0.488. The van der Waals surface area contributed by atoms with Crippen LogP contribution in [0.3, 0.4) is 0 Å². The molecule has 14 heteroatoms. The van der Waals surface area contributed by atoms with Gasteiger partial charge in [0.25, 0.3) is 0 Å². The topological polar surface area (TPSA) is 183 Å². The summed E-state index contributed by atoms with van der Waals surface area (Å²) in [6, 6.07) is 15.8. The SMILES string of the molecule is COC(=O)NC(C(=O)NC(C)c1ncc(C23CCC(c4ccc(-c5cnc(C6CCCN6C(=O)C(NC(=O)OC)C(C)C)[nH]5)cc4)(CC2)CC3)[nH]1)c1ccccc1. The van der Waals surface area contributed by atoms with E-state index in [1.54, 1.807) is 12.1 Å². The van der Waals surface area contributed by atoms with Crippen molar-refractivity contribution in [2.24, 2.45) is 5.92 Å². The Hall–Kier alpha value is -5.66. The van der Waals surface area contributed by atoms with E-state index in [2.05, 4.69) is 50.2 Å². The van der Waals surface area contributed by atoms with Crippen molar-refractivity contribution in [1.29, 1.82) is 0 Å². The molecule has 14 nitrogen and oxygen atoms in total. The fourth-order valence-electron chi connectivity index (χ4n) is 9.19. The number of amides is 4. The largest absolute Gasteiger partial charge is 0.453 e. The zero-order valence-corrected chi connectivity index (χ0v) is 33.4. The third-order valence-electron chi connectivity index (χ3n) is 12.7. The zero-order valence-electron chi connectivity index (χ0n) is 33.4. The van der Waals surface area contributed by atoms with Gasteiger partial charge in [-0.05, 0) is 86.3 Å². The minimum absolute atomic E-state index is 0.0159. The van der Waals surface area contributed by atoms with Crippen LogP contribution < -0.4 is 16.0 Å². The lowest BCUT2D eigenvalue weighted by Gasteiger charge is -2.53. The number of fused-ring (bicyclic) bond motifs is 3. The number of aromatic nitrogens is 4. The van der Waals surface area contributed by atoms with Gasteiger partial charge in [-0.2, -0.15) is 0 Å². The number of carbonyl (C=O) groups excluding carboxylic acids is 4. The second-order valence-corrected chi connectivity index (χ2v) is 16.3. The number of hydrogen-bond donors (Lipinski definition) is 5. The Labute approximate surface area is 333 Å². The molecule has 5 N–H and O–H groups in total. The van der Waals surface area contributed by atoms with Gasteiger partial charge in [0, 0.05) is 23.9 Å². The number of likely N-dealkylation sites (tertiary alicyclic amines) is 1. The van der Waals surface area contributed by atoms with Gasteiger partial charge in [-0.25, -0.2) is 19.6 Å². The number of aromatic amines is 2. The van der Waals surface area contributed by atoms with Gasteiger partial charge in [-0.15, -0.1) is 0 Å². The highest BCUT2D eigenvalue weighted by molar-refractivity contribution is 5.87. The quantitative estimate of drug-likeness (QED) is 0.106. The molecule has 3 heterocycles. The Morgan fingerprint density at radius 2 is 1.44 bits per heavy atom. The molecule has 8 rings (SSSR count). The fourth-order valence-corrected chi connectivity index (χ4v) is 9.19. The van der Waals surface area contributed by atoms with Gasteiger partial charge < -0.3 is 40.3 Å². The highest BCUT2D eigenvalue weighted by atomic mass is 16.5. The Morgan fingerprint density at radius 3 is 2.09 bits per heavy atom. The summed E-state index contributed by atoms with van der Waals surface area (Å²) in [5.74, 6) is 0.854. The maximum atomic E-state index is 13.6. The van der Waals surface area contributed by atoms with Crippen LogP contribution in [0.1, 0.15) is 119 Å². The van der Waals surface area contributed by atoms with Crippen molar-refractivity contribution in [1.82, 2.24) is 40.8 Å². The molecule has 2 aromatic heterocycles. The Bertz CT molecular complexity index is 2040. The summed E-state index contributed by atoms with van der Waals surface area (Å²) in [4.78, 5) is 69.4. The molecule has 57 heavy (non-hydrogen) atoms. The molecule has 4 aromatic rings. The van der Waals surface area contributed by atoms with E-state index in [4.69, 9.17) is 19.4 Å². The first kappa shape index (κ1) is 39.6. The van der Waals surface area contributed by atoms with Crippen molar-refractivity contribution in [2.45, 2.75) is 107 Å². The molecule has 1 saturated heterocycles. The maximum Gasteiger partial charge on any atom is 0.407 e. The number of carbonyl (C=O) groups is 4. The van der Waals surface area contributed by atoms with Crippen molar-refractivity contribution in [2.75, 3.05) is 20.8 Å². The van der Waals surface area contributed by atoms with Crippen LogP contribution in [0.5, 0.6) is 0 Å². The zero-order chi connectivity index (χ0) is 40.3. The van der Waals surface area contributed by atoms with E-state index in [1.165, 1.54) is 19.8 Å². The number of rotatable bonds is 12. The molecule has 4 amide bonds. The molecule has 3 saturated carbocycles. The molecule has 4 atom stereocenters. The first-order chi connectivity index (χ1) is 27.5. The summed E-state index contributed by atoms with van der Waals surface area (Å²) in [6.45, 7) is 6.32. The number of hydrogen-bond acceptors (Lipinski definition) is 8. The van der Waals surface area contributed by atoms with Crippen LogP contribution in [0.4, 0.5) is 9.59 Å². The van der Waals surface area contributed by atoms with E-state index < -0.39 is 30.3 Å². The number of nitrogens with one attached hydrogen (secondary N) is 5. The van der Waals surface area contributed by atoms with Crippen molar-refractivity contribution < 1.29 is 28.7 Å². The number of benzene rings is 2. The van der Waals surface area contributed by atoms with E-state index >= 15 is 0 Å². The van der Waals surface area contributed by atoms with Gasteiger partial charge in [0.05, 0.1) is 38.2 Å². The van der Waals surface area contributed by atoms with E-state index in [-0.39, 0.29) is 34.6 Å². The molecule has 2 bridgehead atoms. The van der Waals surface area contributed by atoms with Crippen LogP contribution in [0.25, 0.3) is 11.3 Å². The van der Waals surface area contributed by atoms with Gasteiger partial charge >= 0.3 is 12.2 Å². The Morgan fingerprint density at radius 1 is 0.789 bits per heavy atom. The summed E-state index contributed by atoms with van der Waals surface area (Å²) in [6.07, 6.45) is 10.5. The lowest BCUT2D eigenvalue weighted by atomic mass is 9.51. The summed E-state index contributed by atoms with van der Waals surface area (Å²) < 4.78 is 9.54. The van der Waals surface area contributed by atoms with E-state index in [0.29, 0.717) is 17.9 Å². The molecular weight excluding hydrogens is 725 g/mol. The van der Waals surface area contributed by atoms with Crippen LogP contribution >= 0.6 is 0 Å². The van der Waals surface area contributed by atoms with Crippen molar-refractivity contribution in [3.63, 3.8) is 0 Å². The molecular formula is C43H54N8O6. The van der Waals surface area contributed by atoms with Gasteiger partial charge in [0.15, 0.2) is 0 Å². The highest BCUT2D eigenvalue weighted by Gasteiger charge is 2.51. The molecule has 3 aliphatic carbocycles. The third-order valence-corrected chi connectivity index (χ3v) is 12.7. The summed E-state index contributed by atoms with van der Waals surface area (Å²) in [5, 5.41) is 8.37. The van der Waals surface area contributed by atoms with Crippen LogP contribution in [0.2, 0.25) is 0 Å². The highest BCUT2D eigenvalue weighted by Crippen LogP contribution is 2.58. The van der Waals surface area contributed by atoms with Crippen molar-refractivity contribution >= 4 is 24.0 Å². The average Bonchev–Trinajstić information content (AvgIpc) is 4.05. The van der Waals surface area contributed by atoms with Crippen LogP contribution in [0.15, 0.2) is 67.0 Å². The lowest BCUT2D eigenvalue weighted by Crippen LogP contribution is -2.51. The molecule has 1 aliphatic heterocycles. The van der Waals surface area contributed by atoms with Gasteiger partial charge in [0.1, 0.15) is 23.7 Å². The van der Waals surface area contributed by atoms with Crippen molar-refractivity contribution in [3.8, 4) is 11.3 Å². The second kappa shape index (κ2) is 16.4. The number of H-pyrrole nitrogens is 2. The van der Waals surface area contributed by atoms with Gasteiger partial charge in [-0.1, -0.05) is 68.4 Å². The smallest absolute Gasteiger partial charge is 0.407 e. The summed E-state index contributed by atoms with van der Waals surface area (Å²) >= 11 is 0.